The Balaban J connectivity index is 2.59. The van der Waals surface area contributed by atoms with Gasteiger partial charge in [-0.05, 0) is 24.1 Å². The first-order valence-corrected chi connectivity index (χ1v) is 4.17. The molecule has 1 aromatic carbocycles. The van der Waals surface area contributed by atoms with Crippen LogP contribution in [0.4, 0.5) is 0 Å². The molecule has 2 nitrogen and oxygen atoms in total. The molecule has 0 unspecified atom stereocenters. The Morgan fingerprint density at radius 1 is 1.54 bits per heavy atom. The predicted octanol–water partition coefficient (Wildman–Crippen LogP) is 2.73. The van der Waals surface area contributed by atoms with Gasteiger partial charge in [0.2, 0.25) is 6.08 Å². The van der Waals surface area contributed by atoms with Crippen molar-refractivity contribution < 1.29 is 4.79 Å². The fraction of sp³-hybridized carbons (Fsp3) is 0.100. The van der Waals surface area contributed by atoms with Gasteiger partial charge in [-0.3, -0.25) is 0 Å². The molecule has 0 radical (unpaired) electrons. The number of hydrogen-bond donors (Lipinski definition) is 0. The third kappa shape index (κ3) is 3.70. The van der Waals surface area contributed by atoms with Crippen LogP contribution in [-0.4, -0.2) is 6.08 Å². The number of hydrogen-bond acceptors (Lipinski definition) is 2. The fourth-order valence-electron chi connectivity index (χ4n) is 0.936. The van der Waals surface area contributed by atoms with E-state index in [1.807, 2.05) is 24.3 Å². The second-order valence-electron chi connectivity index (χ2n) is 2.44. The Bertz CT molecular complexity index is 354. The van der Waals surface area contributed by atoms with Crippen molar-refractivity contribution in [3.8, 4) is 0 Å². The molecular formula is C10H8ClNO. The summed E-state index contributed by atoms with van der Waals surface area (Å²) in [6, 6.07) is 7.53. The molecule has 0 aliphatic heterocycles. The zero-order valence-electron chi connectivity index (χ0n) is 6.90. The van der Waals surface area contributed by atoms with Gasteiger partial charge in [0.05, 0.1) is 0 Å². The van der Waals surface area contributed by atoms with Gasteiger partial charge in [0, 0.05) is 11.2 Å². The number of aliphatic imine (C=N–C) groups is 1. The lowest BCUT2D eigenvalue weighted by Gasteiger charge is -1.95. The van der Waals surface area contributed by atoms with Crippen molar-refractivity contribution >= 4 is 17.7 Å². The molecule has 0 aromatic heterocycles. The molecule has 0 aliphatic rings. The van der Waals surface area contributed by atoms with E-state index in [9.17, 15) is 4.79 Å². The minimum atomic E-state index is 0.713. The first-order chi connectivity index (χ1) is 6.33. The van der Waals surface area contributed by atoms with Crippen LogP contribution in [0.25, 0.3) is 0 Å². The molecule has 0 fully saturated rings. The van der Waals surface area contributed by atoms with Gasteiger partial charge in [-0.2, -0.15) is 4.99 Å². The molecular weight excluding hydrogens is 186 g/mol. The molecule has 13 heavy (non-hydrogen) atoms. The third-order valence-corrected chi connectivity index (χ3v) is 1.71. The number of carbonyl (C=O) groups excluding carboxylic acids is 1. The van der Waals surface area contributed by atoms with Crippen molar-refractivity contribution in [2.24, 2.45) is 4.99 Å². The van der Waals surface area contributed by atoms with Gasteiger partial charge in [0.25, 0.3) is 0 Å². The summed E-state index contributed by atoms with van der Waals surface area (Å²) in [5.41, 5.74) is 1.09. The maximum atomic E-state index is 9.71. The summed E-state index contributed by atoms with van der Waals surface area (Å²) in [6.45, 7) is 0. The second-order valence-corrected chi connectivity index (χ2v) is 2.88. The first kappa shape index (κ1) is 9.72. The third-order valence-electron chi connectivity index (χ3n) is 1.48. The monoisotopic (exact) mass is 193 g/mol. The van der Waals surface area contributed by atoms with Gasteiger partial charge in [-0.1, -0.05) is 29.8 Å². The molecule has 0 heterocycles. The number of halogens is 1. The summed E-state index contributed by atoms with van der Waals surface area (Å²) < 4.78 is 0. The molecule has 1 rings (SSSR count). The van der Waals surface area contributed by atoms with Gasteiger partial charge >= 0.3 is 0 Å². The van der Waals surface area contributed by atoms with E-state index in [2.05, 4.69) is 4.99 Å². The fourth-order valence-corrected chi connectivity index (χ4v) is 1.15. The van der Waals surface area contributed by atoms with E-state index in [1.165, 1.54) is 12.3 Å². The molecule has 0 aliphatic carbocycles. The Kier molecular flexibility index (Phi) is 3.97. The number of nitrogens with zero attached hydrogens (tertiary/aromatic N) is 1. The van der Waals surface area contributed by atoms with Crippen molar-refractivity contribution in [1.82, 2.24) is 0 Å². The van der Waals surface area contributed by atoms with E-state index in [0.717, 1.165) is 5.56 Å². The van der Waals surface area contributed by atoms with Crippen LogP contribution in [0.3, 0.4) is 0 Å². The van der Waals surface area contributed by atoms with Gasteiger partial charge in [0.1, 0.15) is 0 Å². The second kappa shape index (κ2) is 5.31. The van der Waals surface area contributed by atoms with E-state index in [-0.39, 0.29) is 0 Å². The van der Waals surface area contributed by atoms with E-state index in [4.69, 9.17) is 11.6 Å². The van der Waals surface area contributed by atoms with E-state index < -0.39 is 0 Å². The molecule has 3 heteroatoms. The lowest BCUT2D eigenvalue weighted by molar-refractivity contribution is 0.565. The summed E-state index contributed by atoms with van der Waals surface area (Å²) in [6.07, 6.45) is 5.34. The van der Waals surface area contributed by atoms with Gasteiger partial charge in [-0.25, -0.2) is 4.79 Å². The zero-order chi connectivity index (χ0) is 9.52. The Morgan fingerprint density at radius 2 is 2.38 bits per heavy atom. The van der Waals surface area contributed by atoms with Crippen LogP contribution in [0.5, 0.6) is 0 Å². The molecule has 0 bridgehead atoms. The average Bonchev–Trinajstić information content (AvgIpc) is 2.13. The highest BCUT2D eigenvalue weighted by atomic mass is 35.5. The van der Waals surface area contributed by atoms with Crippen LogP contribution in [-0.2, 0) is 11.2 Å². The maximum absolute atomic E-state index is 9.71. The number of benzene rings is 1. The molecule has 0 saturated heterocycles. The normalized spacial score (nSPS) is 9.92. The molecule has 0 N–H and O–H groups in total. The van der Waals surface area contributed by atoms with Crippen molar-refractivity contribution in [3.05, 3.63) is 47.1 Å². The standard InChI is InChI=1S/C10H8ClNO/c11-10-5-1-3-9(7-10)4-2-6-12-8-13/h1-3,5-7H,4H2/b6-2-. The van der Waals surface area contributed by atoms with Crippen LogP contribution in [0, 0.1) is 0 Å². The molecule has 0 atom stereocenters. The van der Waals surface area contributed by atoms with Gasteiger partial charge < -0.3 is 0 Å². The number of rotatable bonds is 3. The summed E-state index contributed by atoms with van der Waals surface area (Å²) in [4.78, 5) is 13.0. The van der Waals surface area contributed by atoms with Crippen molar-refractivity contribution in [1.29, 1.82) is 0 Å². The summed E-state index contributed by atoms with van der Waals surface area (Å²) in [5, 5.41) is 0.713. The van der Waals surface area contributed by atoms with Gasteiger partial charge in [0.15, 0.2) is 0 Å². The Hall–Kier alpha value is -1.37. The minimum absolute atomic E-state index is 0.713. The van der Waals surface area contributed by atoms with E-state index in [0.29, 0.717) is 11.4 Å². The van der Waals surface area contributed by atoms with E-state index in [1.54, 1.807) is 6.08 Å². The highest BCUT2D eigenvalue weighted by Crippen LogP contribution is 2.11. The molecule has 0 saturated carbocycles. The number of isocyanates is 1. The lowest BCUT2D eigenvalue weighted by atomic mass is 10.1. The van der Waals surface area contributed by atoms with Crippen molar-refractivity contribution in [3.63, 3.8) is 0 Å². The summed E-state index contributed by atoms with van der Waals surface area (Å²) >= 11 is 5.78. The van der Waals surface area contributed by atoms with Crippen LogP contribution >= 0.6 is 11.6 Å². The molecule has 0 amide bonds. The smallest absolute Gasteiger partial charge is 0.211 e. The average molecular weight is 194 g/mol. The first-order valence-electron chi connectivity index (χ1n) is 3.79. The van der Waals surface area contributed by atoms with Crippen LogP contribution < -0.4 is 0 Å². The largest absolute Gasteiger partial charge is 0.239 e. The topological polar surface area (TPSA) is 29.4 Å². The zero-order valence-corrected chi connectivity index (χ0v) is 7.66. The van der Waals surface area contributed by atoms with Crippen molar-refractivity contribution in [2.45, 2.75) is 6.42 Å². The van der Waals surface area contributed by atoms with Crippen LogP contribution in [0.2, 0.25) is 5.02 Å². The highest BCUT2D eigenvalue weighted by Gasteiger charge is 1.89. The van der Waals surface area contributed by atoms with Gasteiger partial charge in [-0.15, -0.1) is 0 Å². The number of allylic oxidation sites excluding steroid dienone is 1. The minimum Gasteiger partial charge on any atom is -0.211 e. The maximum Gasteiger partial charge on any atom is 0.239 e. The van der Waals surface area contributed by atoms with Crippen LogP contribution in [0.1, 0.15) is 5.56 Å². The van der Waals surface area contributed by atoms with E-state index >= 15 is 0 Å². The quantitative estimate of drug-likeness (QED) is 0.536. The molecule has 66 valence electrons. The predicted molar refractivity (Wildman–Crippen MR) is 52.4 cm³/mol. The summed E-state index contributed by atoms with van der Waals surface area (Å²) in [5.74, 6) is 0. The molecule has 0 spiro atoms. The Labute approximate surface area is 81.6 Å². The lowest BCUT2D eigenvalue weighted by Crippen LogP contribution is -1.78. The molecule has 1 aromatic rings. The van der Waals surface area contributed by atoms with Crippen molar-refractivity contribution in [2.75, 3.05) is 0 Å². The Morgan fingerprint density at radius 3 is 3.08 bits per heavy atom. The summed E-state index contributed by atoms with van der Waals surface area (Å²) in [7, 11) is 0. The highest BCUT2D eigenvalue weighted by molar-refractivity contribution is 6.30. The SMILES string of the molecule is O=C=N/C=C\Cc1cccc(Cl)c1. The van der Waals surface area contributed by atoms with Crippen LogP contribution in [0.15, 0.2) is 41.5 Å².